The van der Waals surface area contributed by atoms with Gasteiger partial charge in [-0.3, -0.25) is 14.7 Å². The average Bonchev–Trinajstić information content (AvgIpc) is 2.96. The van der Waals surface area contributed by atoms with E-state index in [9.17, 15) is 9.59 Å². The van der Waals surface area contributed by atoms with Crippen molar-refractivity contribution in [2.75, 3.05) is 11.1 Å². The maximum Gasteiger partial charge on any atom is 0.221 e. The van der Waals surface area contributed by atoms with Gasteiger partial charge < -0.3 is 11.1 Å². The van der Waals surface area contributed by atoms with Crippen LogP contribution in [0.25, 0.3) is 11.3 Å². The summed E-state index contributed by atoms with van der Waals surface area (Å²) in [7, 11) is 0. The molecule has 2 aromatic carbocycles. The van der Waals surface area contributed by atoms with Gasteiger partial charge in [0, 0.05) is 23.7 Å². The summed E-state index contributed by atoms with van der Waals surface area (Å²) in [6.07, 6.45) is 0. The molecule has 6 heteroatoms. The number of aromatic amines is 1. The second kappa shape index (κ2) is 6.37. The number of aromatic nitrogens is 2. The third-order valence-electron chi connectivity index (χ3n) is 3.53. The number of nitrogens with one attached hydrogen (secondary N) is 2. The van der Waals surface area contributed by atoms with E-state index in [4.69, 9.17) is 5.73 Å². The minimum absolute atomic E-state index is 0.142. The predicted molar refractivity (Wildman–Crippen MR) is 92.6 cm³/mol. The highest BCUT2D eigenvalue weighted by Crippen LogP contribution is 2.28. The van der Waals surface area contributed by atoms with Gasteiger partial charge in [0.05, 0.1) is 11.3 Å². The topological polar surface area (TPSA) is 101 Å². The van der Waals surface area contributed by atoms with Crippen LogP contribution in [0.15, 0.2) is 54.6 Å². The normalized spacial score (nSPS) is 10.4. The number of ketones is 1. The van der Waals surface area contributed by atoms with E-state index in [-0.39, 0.29) is 17.5 Å². The second-order valence-corrected chi connectivity index (χ2v) is 5.32. The van der Waals surface area contributed by atoms with Crippen molar-refractivity contribution < 1.29 is 9.59 Å². The Balaban J connectivity index is 2.02. The summed E-state index contributed by atoms with van der Waals surface area (Å²) in [6, 6.07) is 16.1. The van der Waals surface area contributed by atoms with Gasteiger partial charge >= 0.3 is 0 Å². The van der Waals surface area contributed by atoms with Gasteiger partial charge in [-0.15, -0.1) is 0 Å². The molecule has 0 unspecified atom stereocenters. The number of nitrogens with zero attached hydrogens (tertiary/aromatic N) is 1. The van der Waals surface area contributed by atoms with Crippen LogP contribution in [0.2, 0.25) is 0 Å². The van der Waals surface area contributed by atoms with Gasteiger partial charge in [-0.05, 0) is 12.1 Å². The third-order valence-corrected chi connectivity index (χ3v) is 3.53. The van der Waals surface area contributed by atoms with Gasteiger partial charge in [0.2, 0.25) is 5.91 Å². The molecule has 0 bridgehead atoms. The van der Waals surface area contributed by atoms with Crippen LogP contribution in [0.5, 0.6) is 0 Å². The standard InChI is InChI=1S/C18H16N4O2/c1-11(23)20-14-9-5-8-13(10-14)17(24)15-16(21-22-18(15)19)12-6-3-2-4-7-12/h2-10H,1H3,(H,20,23)(H3,19,21,22). The monoisotopic (exact) mass is 320 g/mol. The average molecular weight is 320 g/mol. The van der Waals surface area contributed by atoms with Crippen molar-refractivity contribution in [2.45, 2.75) is 6.92 Å². The van der Waals surface area contributed by atoms with Crippen LogP contribution in [0.3, 0.4) is 0 Å². The summed E-state index contributed by atoms with van der Waals surface area (Å²) < 4.78 is 0. The molecule has 6 nitrogen and oxygen atoms in total. The number of carbonyl (C=O) groups excluding carboxylic acids is 2. The van der Waals surface area contributed by atoms with Crippen LogP contribution in [0, 0.1) is 0 Å². The SMILES string of the molecule is CC(=O)Nc1cccc(C(=O)c2c(N)n[nH]c2-c2ccccc2)c1. The molecule has 0 aliphatic heterocycles. The summed E-state index contributed by atoms with van der Waals surface area (Å²) in [6.45, 7) is 1.41. The first kappa shape index (κ1) is 15.5. The van der Waals surface area contributed by atoms with Crippen molar-refractivity contribution in [1.82, 2.24) is 10.2 Å². The molecule has 1 amide bonds. The molecule has 0 radical (unpaired) electrons. The lowest BCUT2D eigenvalue weighted by Gasteiger charge is -2.07. The van der Waals surface area contributed by atoms with Crippen LogP contribution in [0.1, 0.15) is 22.8 Å². The Hall–Kier alpha value is -3.41. The quantitative estimate of drug-likeness (QED) is 0.643. The minimum Gasteiger partial charge on any atom is -0.382 e. The van der Waals surface area contributed by atoms with E-state index in [1.54, 1.807) is 24.3 Å². The van der Waals surface area contributed by atoms with Crippen molar-refractivity contribution in [1.29, 1.82) is 0 Å². The molecule has 0 saturated carbocycles. The summed E-state index contributed by atoms with van der Waals surface area (Å²) in [4.78, 5) is 24.1. The Morgan fingerprint density at radius 2 is 1.83 bits per heavy atom. The van der Waals surface area contributed by atoms with Crippen LogP contribution in [0.4, 0.5) is 11.5 Å². The largest absolute Gasteiger partial charge is 0.382 e. The zero-order valence-electron chi connectivity index (χ0n) is 13.0. The highest BCUT2D eigenvalue weighted by Gasteiger charge is 2.21. The zero-order chi connectivity index (χ0) is 17.1. The van der Waals surface area contributed by atoms with Crippen molar-refractivity contribution >= 4 is 23.2 Å². The first-order chi connectivity index (χ1) is 11.6. The van der Waals surface area contributed by atoms with E-state index in [0.29, 0.717) is 22.5 Å². The summed E-state index contributed by atoms with van der Waals surface area (Å²) in [5, 5.41) is 9.46. The number of H-pyrrole nitrogens is 1. The molecule has 0 spiro atoms. The van der Waals surface area contributed by atoms with Gasteiger partial charge in [0.1, 0.15) is 0 Å². The molecule has 120 valence electrons. The number of carbonyl (C=O) groups is 2. The summed E-state index contributed by atoms with van der Waals surface area (Å²) in [5.41, 5.74) is 8.59. The van der Waals surface area contributed by atoms with E-state index in [1.807, 2.05) is 30.3 Å². The lowest BCUT2D eigenvalue weighted by Crippen LogP contribution is -2.08. The number of amides is 1. The van der Waals surface area contributed by atoms with Crippen molar-refractivity contribution in [3.05, 3.63) is 65.7 Å². The Bertz CT molecular complexity index is 900. The molecule has 0 atom stereocenters. The highest BCUT2D eigenvalue weighted by molar-refractivity contribution is 6.15. The number of anilines is 2. The molecule has 3 rings (SSSR count). The van der Waals surface area contributed by atoms with E-state index < -0.39 is 0 Å². The van der Waals surface area contributed by atoms with Crippen LogP contribution in [-0.2, 0) is 4.79 Å². The van der Waals surface area contributed by atoms with Crippen LogP contribution in [-0.4, -0.2) is 21.9 Å². The van der Waals surface area contributed by atoms with E-state index >= 15 is 0 Å². The fraction of sp³-hybridized carbons (Fsp3) is 0.0556. The number of nitrogens with two attached hydrogens (primary N) is 1. The minimum atomic E-state index is -0.257. The van der Waals surface area contributed by atoms with Crippen molar-refractivity contribution in [3.63, 3.8) is 0 Å². The Kier molecular flexibility index (Phi) is 4.11. The summed E-state index contributed by atoms with van der Waals surface area (Å²) in [5.74, 6) is -0.316. The number of rotatable bonds is 4. The first-order valence-corrected chi connectivity index (χ1v) is 7.38. The van der Waals surface area contributed by atoms with E-state index in [1.165, 1.54) is 6.92 Å². The number of benzene rings is 2. The van der Waals surface area contributed by atoms with Gasteiger partial charge in [-0.1, -0.05) is 42.5 Å². The molecule has 24 heavy (non-hydrogen) atoms. The van der Waals surface area contributed by atoms with E-state index in [0.717, 1.165) is 5.56 Å². The Morgan fingerprint density at radius 3 is 2.54 bits per heavy atom. The fourth-order valence-corrected chi connectivity index (χ4v) is 2.49. The van der Waals surface area contributed by atoms with Crippen LogP contribution >= 0.6 is 0 Å². The highest BCUT2D eigenvalue weighted by atomic mass is 16.1. The van der Waals surface area contributed by atoms with Gasteiger partial charge in [0.15, 0.2) is 11.6 Å². The Labute approximate surface area is 138 Å². The fourth-order valence-electron chi connectivity index (χ4n) is 2.49. The molecule has 0 aliphatic carbocycles. The lowest BCUT2D eigenvalue weighted by molar-refractivity contribution is -0.114. The maximum absolute atomic E-state index is 12.9. The zero-order valence-corrected chi connectivity index (χ0v) is 13.0. The number of hydrogen-bond acceptors (Lipinski definition) is 4. The van der Waals surface area contributed by atoms with Gasteiger partial charge in [-0.25, -0.2) is 0 Å². The van der Waals surface area contributed by atoms with Gasteiger partial charge in [-0.2, -0.15) is 5.10 Å². The van der Waals surface area contributed by atoms with Crippen molar-refractivity contribution in [2.24, 2.45) is 0 Å². The number of nitrogen functional groups attached to an aromatic ring is 1. The van der Waals surface area contributed by atoms with E-state index in [2.05, 4.69) is 15.5 Å². The third kappa shape index (κ3) is 3.03. The molecule has 1 heterocycles. The molecule has 4 N–H and O–H groups in total. The predicted octanol–water partition coefficient (Wildman–Crippen LogP) is 2.85. The molecule has 0 aliphatic rings. The molecular formula is C18H16N4O2. The number of hydrogen-bond donors (Lipinski definition) is 3. The van der Waals surface area contributed by atoms with Crippen LogP contribution < -0.4 is 11.1 Å². The molecular weight excluding hydrogens is 304 g/mol. The molecule has 0 fully saturated rings. The molecule has 3 aromatic rings. The van der Waals surface area contributed by atoms with Gasteiger partial charge in [0.25, 0.3) is 0 Å². The lowest BCUT2D eigenvalue weighted by atomic mass is 9.99. The van der Waals surface area contributed by atoms with Crippen molar-refractivity contribution in [3.8, 4) is 11.3 Å². The second-order valence-electron chi connectivity index (χ2n) is 5.32. The Morgan fingerprint density at radius 1 is 1.08 bits per heavy atom. The smallest absolute Gasteiger partial charge is 0.221 e. The molecule has 0 saturated heterocycles. The molecule has 1 aromatic heterocycles. The first-order valence-electron chi connectivity index (χ1n) is 7.38. The summed E-state index contributed by atoms with van der Waals surface area (Å²) >= 11 is 0. The maximum atomic E-state index is 12.9.